The highest BCUT2D eigenvalue weighted by atomic mass is 16.5. The third kappa shape index (κ3) is 1.78. The summed E-state index contributed by atoms with van der Waals surface area (Å²) in [6, 6.07) is 0. The molecule has 23 heavy (non-hydrogen) atoms. The molecule has 1 N–H and O–H groups in total. The smallest absolute Gasteiger partial charge is 0.140 e. The van der Waals surface area contributed by atoms with Gasteiger partial charge in [0.15, 0.2) is 0 Å². The van der Waals surface area contributed by atoms with Crippen LogP contribution in [0.25, 0.3) is 0 Å². The maximum atomic E-state index is 10.6. The summed E-state index contributed by atoms with van der Waals surface area (Å²) in [6.07, 6.45) is 11.7. The Labute approximate surface area is 138 Å². The number of fused-ring (bicyclic) bond motifs is 6. The van der Waals surface area contributed by atoms with Crippen LogP contribution in [0.2, 0.25) is 0 Å². The zero-order valence-electron chi connectivity index (χ0n) is 14.4. The molecule has 7 unspecified atom stereocenters. The Morgan fingerprint density at radius 2 is 1.91 bits per heavy atom. The minimum Gasteiger partial charge on any atom is -0.393 e. The molecule has 0 bridgehead atoms. The van der Waals surface area contributed by atoms with Gasteiger partial charge in [-0.05, 0) is 79.4 Å². The van der Waals surface area contributed by atoms with Crippen LogP contribution in [0.1, 0.15) is 63.7 Å². The van der Waals surface area contributed by atoms with E-state index in [4.69, 9.17) is 4.52 Å². The Bertz CT molecular complexity index is 625. The molecule has 0 amide bonds. The van der Waals surface area contributed by atoms with Gasteiger partial charge in [0.05, 0.1) is 12.3 Å². The first-order valence-corrected chi connectivity index (χ1v) is 9.63. The molecule has 0 aromatic carbocycles. The average molecular weight is 315 g/mol. The molecule has 3 heteroatoms. The maximum Gasteiger partial charge on any atom is 0.140 e. The van der Waals surface area contributed by atoms with E-state index in [0.717, 1.165) is 48.7 Å². The first kappa shape index (κ1) is 14.5. The zero-order chi connectivity index (χ0) is 15.8. The molecule has 0 saturated heterocycles. The number of hydrogen-bond donors (Lipinski definition) is 1. The van der Waals surface area contributed by atoms with Gasteiger partial charge in [0, 0.05) is 12.0 Å². The Morgan fingerprint density at radius 1 is 1.09 bits per heavy atom. The summed E-state index contributed by atoms with van der Waals surface area (Å²) >= 11 is 0. The summed E-state index contributed by atoms with van der Waals surface area (Å²) in [7, 11) is 0. The van der Waals surface area contributed by atoms with Crippen molar-refractivity contribution < 1.29 is 9.63 Å². The number of aliphatic hydroxyl groups is 1. The average Bonchev–Trinajstić information content (AvgIpc) is 3.08. The van der Waals surface area contributed by atoms with E-state index < -0.39 is 0 Å². The summed E-state index contributed by atoms with van der Waals surface area (Å²) in [4.78, 5) is 0. The fourth-order valence-electron chi connectivity index (χ4n) is 7.35. The molecule has 3 fully saturated rings. The first-order chi connectivity index (χ1) is 11.0. The molecule has 4 aliphatic carbocycles. The third-order valence-corrected chi connectivity index (χ3v) is 8.75. The maximum absolute atomic E-state index is 10.6. The monoisotopic (exact) mass is 315 g/mol. The van der Waals surface area contributed by atoms with E-state index in [-0.39, 0.29) is 11.5 Å². The largest absolute Gasteiger partial charge is 0.393 e. The van der Waals surface area contributed by atoms with E-state index in [1.807, 2.05) is 6.20 Å². The van der Waals surface area contributed by atoms with Crippen molar-refractivity contribution >= 4 is 0 Å². The van der Waals surface area contributed by atoms with Crippen LogP contribution < -0.4 is 0 Å². The highest BCUT2D eigenvalue weighted by Crippen LogP contribution is 2.65. The van der Waals surface area contributed by atoms with Crippen LogP contribution in [0.15, 0.2) is 10.7 Å². The van der Waals surface area contributed by atoms with Crippen molar-refractivity contribution in [3.8, 4) is 0 Å². The normalized spacial score (nSPS) is 51.5. The van der Waals surface area contributed by atoms with Gasteiger partial charge in [-0.25, -0.2) is 0 Å². The third-order valence-electron chi connectivity index (χ3n) is 8.75. The standard InChI is InChI=1S/C20H29NO2/c1-19-8-7-16-14(15(19)5-6-18(19)22)4-3-13-9-17-12(11-21-23-17)10-20(13,16)2/h11,13-16,18,22H,3-10H2,1-2H3. The number of hydrogen-bond acceptors (Lipinski definition) is 3. The van der Waals surface area contributed by atoms with Gasteiger partial charge in [-0.2, -0.15) is 0 Å². The fourth-order valence-corrected chi connectivity index (χ4v) is 7.35. The van der Waals surface area contributed by atoms with Gasteiger partial charge in [0.25, 0.3) is 0 Å². The molecule has 0 radical (unpaired) electrons. The summed E-state index contributed by atoms with van der Waals surface area (Å²) in [5.41, 5.74) is 1.97. The van der Waals surface area contributed by atoms with Crippen LogP contribution in [0, 0.1) is 34.5 Å². The van der Waals surface area contributed by atoms with Crippen LogP contribution >= 0.6 is 0 Å². The molecule has 1 heterocycles. The van der Waals surface area contributed by atoms with Crippen molar-refractivity contribution in [2.45, 2.75) is 71.3 Å². The topological polar surface area (TPSA) is 46.3 Å². The van der Waals surface area contributed by atoms with Gasteiger partial charge in [-0.15, -0.1) is 0 Å². The molecule has 1 aromatic rings. The highest BCUT2D eigenvalue weighted by molar-refractivity contribution is 5.23. The predicted molar refractivity (Wildman–Crippen MR) is 87.8 cm³/mol. The minimum atomic E-state index is -0.0602. The molecular weight excluding hydrogens is 286 g/mol. The van der Waals surface area contributed by atoms with Crippen molar-refractivity contribution in [3.05, 3.63) is 17.5 Å². The SMILES string of the molecule is CC12CCC3C(CCC4Cc5oncc5CC43C)C1CCC2O. The number of aliphatic hydroxyl groups excluding tert-OH is 1. The predicted octanol–water partition coefficient (Wildman–Crippen LogP) is 3.99. The number of aromatic nitrogens is 1. The minimum absolute atomic E-state index is 0.0602. The van der Waals surface area contributed by atoms with Gasteiger partial charge < -0.3 is 9.63 Å². The Balaban J connectivity index is 1.50. The lowest BCUT2D eigenvalue weighted by Crippen LogP contribution is -2.54. The second kappa shape index (κ2) is 4.62. The summed E-state index contributed by atoms with van der Waals surface area (Å²) in [5.74, 6) is 4.32. The van der Waals surface area contributed by atoms with Gasteiger partial charge in [-0.1, -0.05) is 19.0 Å². The molecule has 3 nitrogen and oxygen atoms in total. The lowest BCUT2D eigenvalue weighted by Gasteiger charge is -2.59. The van der Waals surface area contributed by atoms with Crippen molar-refractivity contribution in [2.75, 3.05) is 0 Å². The van der Waals surface area contributed by atoms with E-state index in [1.165, 1.54) is 37.7 Å². The van der Waals surface area contributed by atoms with Crippen molar-refractivity contribution in [1.82, 2.24) is 5.16 Å². The van der Waals surface area contributed by atoms with Gasteiger partial charge >= 0.3 is 0 Å². The molecule has 4 aliphatic rings. The Morgan fingerprint density at radius 3 is 2.78 bits per heavy atom. The van der Waals surface area contributed by atoms with Gasteiger partial charge in [0.1, 0.15) is 5.76 Å². The first-order valence-electron chi connectivity index (χ1n) is 9.63. The molecule has 7 atom stereocenters. The Kier molecular flexibility index (Phi) is 2.92. The lowest BCUT2D eigenvalue weighted by molar-refractivity contribution is -0.112. The van der Waals surface area contributed by atoms with Crippen LogP contribution in [0.3, 0.4) is 0 Å². The molecule has 5 rings (SSSR count). The lowest BCUT2D eigenvalue weighted by atomic mass is 9.45. The highest BCUT2D eigenvalue weighted by Gasteiger charge is 2.60. The fraction of sp³-hybridized carbons (Fsp3) is 0.850. The zero-order valence-corrected chi connectivity index (χ0v) is 14.4. The summed E-state index contributed by atoms with van der Waals surface area (Å²) < 4.78 is 5.50. The second-order valence-corrected chi connectivity index (χ2v) is 9.45. The number of nitrogens with zero attached hydrogens (tertiary/aromatic N) is 1. The van der Waals surface area contributed by atoms with Gasteiger partial charge in [0.2, 0.25) is 0 Å². The van der Waals surface area contributed by atoms with E-state index in [1.54, 1.807) is 0 Å². The van der Waals surface area contributed by atoms with E-state index in [9.17, 15) is 5.11 Å². The quantitative estimate of drug-likeness (QED) is 0.787. The molecular formula is C20H29NO2. The van der Waals surface area contributed by atoms with Crippen LogP contribution in [-0.2, 0) is 12.8 Å². The van der Waals surface area contributed by atoms with Crippen LogP contribution in [0.4, 0.5) is 0 Å². The van der Waals surface area contributed by atoms with Crippen molar-refractivity contribution in [3.63, 3.8) is 0 Å². The van der Waals surface area contributed by atoms with Crippen LogP contribution in [-0.4, -0.2) is 16.4 Å². The Hall–Kier alpha value is -0.830. The van der Waals surface area contributed by atoms with E-state index in [2.05, 4.69) is 19.0 Å². The molecule has 0 aliphatic heterocycles. The van der Waals surface area contributed by atoms with Crippen molar-refractivity contribution in [1.29, 1.82) is 0 Å². The summed E-state index contributed by atoms with van der Waals surface area (Å²) in [6.45, 7) is 4.93. The van der Waals surface area contributed by atoms with Crippen LogP contribution in [0.5, 0.6) is 0 Å². The molecule has 126 valence electrons. The van der Waals surface area contributed by atoms with E-state index in [0.29, 0.717) is 5.41 Å². The number of rotatable bonds is 0. The van der Waals surface area contributed by atoms with E-state index >= 15 is 0 Å². The summed E-state index contributed by atoms with van der Waals surface area (Å²) in [5, 5.41) is 14.6. The molecule has 3 saturated carbocycles. The molecule has 1 aromatic heterocycles. The second-order valence-electron chi connectivity index (χ2n) is 9.45. The molecule has 0 spiro atoms. The van der Waals surface area contributed by atoms with Gasteiger partial charge in [-0.3, -0.25) is 0 Å². The van der Waals surface area contributed by atoms with Crippen molar-refractivity contribution in [2.24, 2.45) is 34.5 Å².